The van der Waals surface area contributed by atoms with Crippen molar-refractivity contribution in [3.8, 4) is 5.75 Å². The number of benzene rings is 1. The van der Waals surface area contributed by atoms with Crippen molar-refractivity contribution in [2.75, 3.05) is 0 Å². The number of nitrogens with zero attached hydrogens (tertiary/aromatic N) is 3. The van der Waals surface area contributed by atoms with E-state index in [9.17, 15) is 0 Å². The second-order valence-electron chi connectivity index (χ2n) is 3.91. The van der Waals surface area contributed by atoms with E-state index in [0.29, 0.717) is 0 Å². The van der Waals surface area contributed by atoms with Gasteiger partial charge in [-0.25, -0.2) is 4.68 Å². The van der Waals surface area contributed by atoms with Crippen LogP contribution in [0.15, 0.2) is 36.7 Å². The van der Waals surface area contributed by atoms with Gasteiger partial charge in [0, 0.05) is 6.20 Å². The highest BCUT2D eigenvalue weighted by molar-refractivity contribution is 5.27. The summed E-state index contributed by atoms with van der Waals surface area (Å²) in [6, 6.07) is 8.04. The summed E-state index contributed by atoms with van der Waals surface area (Å²) in [4.78, 5) is 0. The first-order valence-electron chi connectivity index (χ1n) is 5.34. The summed E-state index contributed by atoms with van der Waals surface area (Å²) in [5.41, 5.74) is 1.18. The second kappa shape index (κ2) is 4.79. The molecular formula is C12H15N3O. The van der Waals surface area contributed by atoms with Gasteiger partial charge in [-0.2, -0.15) is 0 Å². The van der Waals surface area contributed by atoms with E-state index >= 15 is 0 Å². The van der Waals surface area contributed by atoms with Crippen molar-refractivity contribution in [1.29, 1.82) is 0 Å². The molecule has 84 valence electrons. The molecule has 0 N–H and O–H groups in total. The highest BCUT2D eigenvalue weighted by Gasteiger charge is 1.99. The van der Waals surface area contributed by atoms with E-state index in [1.165, 1.54) is 5.56 Å². The minimum atomic E-state index is 0.209. The van der Waals surface area contributed by atoms with Gasteiger partial charge in [0.15, 0.2) is 0 Å². The molecule has 1 heterocycles. The summed E-state index contributed by atoms with van der Waals surface area (Å²) in [6.45, 7) is 4.77. The molecule has 0 aliphatic rings. The molecular weight excluding hydrogens is 202 g/mol. The lowest BCUT2D eigenvalue weighted by Crippen LogP contribution is -2.05. The molecule has 0 saturated carbocycles. The first-order chi connectivity index (χ1) is 7.74. The van der Waals surface area contributed by atoms with Crippen LogP contribution >= 0.6 is 0 Å². The van der Waals surface area contributed by atoms with Gasteiger partial charge in [-0.15, -0.1) is 5.10 Å². The van der Waals surface area contributed by atoms with Crippen molar-refractivity contribution in [3.05, 3.63) is 42.2 Å². The number of hydrogen-bond acceptors (Lipinski definition) is 3. The molecule has 0 bridgehead atoms. The average Bonchev–Trinajstić information content (AvgIpc) is 2.73. The highest BCUT2D eigenvalue weighted by Crippen LogP contribution is 2.14. The van der Waals surface area contributed by atoms with E-state index in [0.717, 1.165) is 12.3 Å². The van der Waals surface area contributed by atoms with E-state index < -0.39 is 0 Å². The zero-order valence-corrected chi connectivity index (χ0v) is 9.50. The lowest BCUT2D eigenvalue weighted by Gasteiger charge is -2.09. The first kappa shape index (κ1) is 10.7. The summed E-state index contributed by atoms with van der Waals surface area (Å²) in [6.07, 6.45) is 3.73. The van der Waals surface area contributed by atoms with Crippen LogP contribution in [0.1, 0.15) is 19.4 Å². The van der Waals surface area contributed by atoms with Gasteiger partial charge in [0.05, 0.1) is 18.8 Å². The molecule has 1 aromatic heterocycles. The van der Waals surface area contributed by atoms with Crippen molar-refractivity contribution in [3.63, 3.8) is 0 Å². The maximum Gasteiger partial charge on any atom is 0.119 e. The van der Waals surface area contributed by atoms with Crippen LogP contribution in [0.5, 0.6) is 5.75 Å². The number of aromatic nitrogens is 3. The van der Waals surface area contributed by atoms with Crippen molar-refractivity contribution in [2.45, 2.75) is 26.5 Å². The topological polar surface area (TPSA) is 39.9 Å². The number of hydrogen-bond donors (Lipinski definition) is 0. The SMILES string of the molecule is CC(C)Oc1ccc(Cn2ccnn2)cc1. The molecule has 2 aromatic rings. The van der Waals surface area contributed by atoms with Crippen molar-refractivity contribution in [1.82, 2.24) is 15.0 Å². The van der Waals surface area contributed by atoms with Crippen LogP contribution in [0, 0.1) is 0 Å². The fourth-order valence-electron chi connectivity index (χ4n) is 1.45. The first-order valence-corrected chi connectivity index (χ1v) is 5.34. The smallest absolute Gasteiger partial charge is 0.119 e. The predicted molar refractivity (Wildman–Crippen MR) is 61.3 cm³/mol. The molecule has 2 rings (SSSR count). The normalized spacial score (nSPS) is 10.7. The second-order valence-corrected chi connectivity index (χ2v) is 3.91. The van der Waals surface area contributed by atoms with Crippen molar-refractivity contribution < 1.29 is 4.74 Å². The molecule has 0 aliphatic carbocycles. The van der Waals surface area contributed by atoms with E-state index in [1.807, 2.05) is 44.3 Å². The Morgan fingerprint density at radius 3 is 2.56 bits per heavy atom. The zero-order chi connectivity index (χ0) is 11.4. The van der Waals surface area contributed by atoms with Gasteiger partial charge >= 0.3 is 0 Å². The molecule has 0 unspecified atom stereocenters. The predicted octanol–water partition coefficient (Wildman–Crippen LogP) is 2.11. The molecule has 0 spiro atoms. The van der Waals surface area contributed by atoms with Crippen LogP contribution in [-0.2, 0) is 6.54 Å². The van der Waals surface area contributed by atoms with Crippen LogP contribution in [0.25, 0.3) is 0 Å². The van der Waals surface area contributed by atoms with Crippen LogP contribution in [-0.4, -0.2) is 21.1 Å². The molecule has 1 aromatic carbocycles. The van der Waals surface area contributed by atoms with Crippen LogP contribution in [0.4, 0.5) is 0 Å². The van der Waals surface area contributed by atoms with E-state index in [4.69, 9.17) is 4.74 Å². The third kappa shape index (κ3) is 2.82. The van der Waals surface area contributed by atoms with Gasteiger partial charge in [-0.1, -0.05) is 17.3 Å². The van der Waals surface area contributed by atoms with Crippen molar-refractivity contribution >= 4 is 0 Å². The molecule has 0 radical (unpaired) electrons. The Labute approximate surface area is 94.9 Å². The minimum absolute atomic E-state index is 0.209. The molecule has 16 heavy (non-hydrogen) atoms. The minimum Gasteiger partial charge on any atom is -0.491 e. The standard InChI is InChI=1S/C12H15N3O/c1-10(2)16-12-5-3-11(4-6-12)9-15-8-7-13-14-15/h3-8,10H,9H2,1-2H3. The van der Waals surface area contributed by atoms with Gasteiger partial charge < -0.3 is 4.74 Å². The van der Waals surface area contributed by atoms with Gasteiger partial charge in [0.2, 0.25) is 0 Å². The Hall–Kier alpha value is -1.84. The third-order valence-corrected chi connectivity index (χ3v) is 2.11. The number of ether oxygens (including phenoxy) is 1. The summed E-state index contributed by atoms with van der Waals surface area (Å²) in [7, 11) is 0. The van der Waals surface area contributed by atoms with Gasteiger partial charge in [-0.05, 0) is 31.5 Å². The highest BCUT2D eigenvalue weighted by atomic mass is 16.5. The van der Waals surface area contributed by atoms with E-state index in [-0.39, 0.29) is 6.10 Å². The maximum absolute atomic E-state index is 5.57. The van der Waals surface area contributed by atoms with Crippen LogP contribution in [0.3, 0.4) is 0 Å². The van der Waals surface area contributed by atoms with E-state index in [2.05, 4.69) is 10.3 Å². The Bertz CT molecular complexity index is 420. The molecule has 0 atom stereocenters. The lowest BCUT2D eigenvalue weighted by atomic mass is 10.2. The molecule has 0 amide bonds. The van der Waals surface area contributed by atoms with Gasteiger partial charge in [-0.3, -0.25) is 0 Å². The Balaban J connectivity index is 2.02. The summed E-state index contributed by atoms with van der Waals surface area (Å²) < 4.78 is 7.36. The molecule has 0 aliphatic heterocycles. The van der Waals surface area contributed by atoms with Crippen molar-refractivity contribution in [2.24, 2.45) is 0 Å². The van der Waals surface area contributed by atoms with Gasteiger partial charge in [0.25, 0.3) is 0 Å². The number of rotatable bonds is 4. The molecule has 4 nitrogen and oxygen atoms in total. The fourth-order valence-corrected chi connectivity index (χ4v) is 1.45. The zero-order valence-electron chi connectivity index (χ0n) is 9.50. The third-order valence-electron chi connectivity index (χ3n) is 2.11. The maximum atomic E-state index is 5.57. The Morgan fingerprint density at radius 2 is 2.00 bits per heavy atom. The average molecular weight is 217 g/mol. The Morgan fingerprint density at radius 1 is 1.25 bits per heavy atom. The van der Waals surface area contributed by atoms with Gasteiger partial charge in [0.1, 0.15) is 5.75 Å². The summed E-state index contributed by atoms with van der Waals surface area (Å²) in [5.74, 6) is 0.900. The Kier molecular flexibility index (Phi) is 3.19. The summed E-state index contributed by atoms with van der Waals surface area (Å²) >= 11 is 0. The monoisotopic (exact) mass is 217 g/mol. The quantitative estimate of drug-likeness (QED) is 0.787. The molecule has 4 heteroatoms. The lowest BCUT2D eigenvalue weighted by molar-refractivity contribution is 0.242. The fraction of sp³-hybridized carbons (Fsp3) is 0.333. The van der Waals surface area contributed by atoms with Crippen LogP contribution in [0.2, 0.25) is 0 Å². The molecule has 0 fully saturated rings. The largest absolute Gasteiger partial charge is 0.491 e. The molecule has 0 saturated heterocycles. The summed E-state index contributed by atoms with van der Waals surface area (Å²) in [5, 5.41) is 7.68. The van der Waals surface area contributed by atoms with Crippen LogP contribution < -0.4 is 4.74 Å². The van der Waals surface area contributed by atoms with E-state index in [1.54, 1.807) is 10.9 Å².